The van der Waals surface area contributed by atoms with E-state index in [1.165, 1.54) is 12.1 Å². The third-order valence-electron chi connectivity index (χ3n) is 3.80. The molecule has 6 heteroatoms. The predicted molar refractivity (Wildman–Crippen MR) is 75.4 cm³/mol. The van der Waals surface area contributed by atoms with Crippen LogP contribution in [0.4, 0.5) is 13.2 Å². The standard InChI is InChI=1S/C15H17ClF3NO/c16-13-7-1-10(2-8-13)9-20-14(21)11-3-5-12(6-4-11)15(17,18)19/h3-6,10,13H,1-2,7-9H2,(H,20,21). The van der Waals surface area contributed by atoms with Gasteiger partial charge >= 0.3 is 6.18 Å². The van der Waals surface area contributed by atoms with Gasteiger partial charge in [-0.3, -0.25) is 4.79 Å². The molecule has 0 atom stereocenters. The fourth-order valence-corrected chi connectivity index (χ4v) is 2.73. The van der Waals surface area contributed by atoms with Crippen LogP contribution in [0.15, 0.2) is 24.3 Å². The molecule has 1 amide bonds. The number of hydrogen-bond donors (Lipinski definition) is 1. The van der Waals surface area contributed by atoms with E-state index in [4.69, 9.17) is 11.6 Å². The van der Waals surface area contributed by atoms with Crippen molar-refractivity contribution in [2.75, 3.05) is 6.54 Å². The van der Waals surface area contributed by atoms with E-state index in [1.54, 1.807) is 0 Å². The van der Waals surface area contributed by atoms with Gasteiger partial charge in [0.15, 0.2) is 0 Å². The average Bonchev–Trinajstić information content (AvgIpc) is 2.45. The molecule has 0 aromatic heterocycles. The number of carbonyl (C=O) groups is 1. The van der Waals surface area contributed by atoms with Crippen molar-refractivity contribution in [2.24, 2.45) is 5.92 Å². The Labute approximate surface area is 126 Å². The van der Waals surface area contributed by atoms with Crippen molar-refractivity contribution in [3.05, 3.63) is 35.4 Å². The Morgan fingerprint density at radius 2 is 1.71 bits per heavy atom. The summed E-state index contributed by atoms with van der Waals surface area (Å²) in [6.45, 7) is 0.545. The highest BCUT2D eigenvalue weighted by Gasteiger charge is 2.30. The number of halogens is 4. The van der Waals surface area contributed by atoms with Gasteiger partial charge in [0.05, 0.1) is 5.56 Å². The van der Waals surface area contributed by atoms with Crippen molar-refractivity contribution in [1.29, 1.82) is 0 Å². The molecule has 0 radical (unpaired) electrons. The van der Waals surface area contributed by atoms with Crippen LogP contribution in [0.25, 0.3) is 0 Å². The summed E-state index contributed by atoms with van der Waals surface area (Å²) in [7, 11) is 0. The van der Waals surface area contributed by atoms with Crippen LogP contribution in [0, 0.1) is 5.92 Å². The lowest BCUT2D eigenvalue weighted by Gasteiger charge is -2.25. The summed E-state index contributed by atoms with van der Waals surface area (Å²) in [5.41, 5.74) is -0.506. The number of carbonyl (C=O) groups excluding carboxylic acids is 1. The molecule has 1 N–H and O–H groups in total. The zero-order chi connectivity index (χ0) is 15.5. The molecule has 1 aliphatic rings. The van der Waals surface area contributed by atoms with Gasteiger partial charge in [0, 0.05) is 17.5 Å². The summed E-state index contributed by atoms with van der Waals surface area (Å²) >= 11 is 6.01. The normalized spacial score (nSPS) is 22.9. The number of amides is 1. The van der Waals surface area contributed by atoms with Crippen molar-refractivity contribution in [3.63, 3.8) is 0 Å². The Balaban J connectivity index is 1.86. The van der Waals surface area contributed by atoms with E-state index in [2.05, 4.69) is 5.32 Å². The third kappa shape index (κ3) is 4.63. The topological polar surface area (TPSA) is 29.1 Å². The molecule has 1 aromatic rings. The first-order chi connectivity index (χ1) is 9.86. The first kappa shape index (κ1) is 16.1. The minimum atomic E-state index is -4.38. The van der Waals surface area contributed by atoms with Crippen LogP contribution in [0.5, 0.6) is 0 Å². The van der Waals surface area contributed by atoms with Crippen LogP contribution in [0.2, 0.25) is 0 Å². The first-order valence-corrected chi connectivity index (χ1v) is 7.39. The van der Waals surface area contributed by atoms with Crippen molar-refractivity contribution >= 4 is 17.5 Å². The van der Waals surface area contributed by atoms with Crippen molar-refractivity contribution in [3.8, 4) is 0 Å². The van der Waals surface area contributed by atoms with E-state index in [0.29, 0.717) is 12.5 Å². The van der Waals surface area contributed by atoms with Gasteiger partial charge in [-0.2, -0.15) is 13.2 Å². The quantitative estimate of drug-likeness (QED) is 0.830. The van der Waals surface area contributed by atoms with Gasteiger partial charge in [-0.1, -0.05) is 0 Å². The van der Waals surface area contributed by atoms with Crippen LogP contribution in [-0.4, -0.2) is 17.8 Å². The zero-order valence-electron chi connectivity index (χ0n) is 11.4. The molecule has 2 rings (SSSR count). The second-order valence-corrected chi connectivity index (χ2v) is 6.02. The summed E-state index contributed by atoms with van der Waals surface area (Å²) in [5.74, 6) is 0.0649. The number of rotatable bonds is 3. The second kappa shape index (κ2) is 6.69. The van der Waals surface area contributed by atoms with Crippen LogP contribution in [0.1, 0.15) is 41.6 Å². The Morgan fingerprint density at radius 3 is 2.24 bits per heavy atom. The van der Waals surface area contributed by atoms with Crippen molar-refractivity contribution in [2.45, 2.75) is 37.2 Å². The number of hydrogen-bond acceptors (Lipinski definition) is 1. The fourth-order valence-electron chi connectivity index (χ4n) is 2.48. The first-order valence-electron chi connectivity index (χ1n) is 6.96. The highest BCUT2D eigenvalue weighted by atomic mass is 35.5. The molecular formula is C15H17ClF3NO. The van der Waals surface area contributed by atoms with E-state index in [1.807, 2.05) is 0 Å². The molecule has 0 heterocycles. The molecule has 1 saturated carbocycles. The van der Waals surface area contributed by atoms with E-state index in [-0.39, 0.29) is 16.8 Å². The summed E-state index contributed by atoms with van der Waals surface area (Å²) in [5, 5.41) is 3.01. The second-order valence-electron chi connectivity index (χ2n) is 5.40. The molecule has 1 fully saturated rings. The molecule has 116 valence electrons. The third-order valence-corrected chi connectivity index (χ3v) is 4.24. The van der Waals surface area contributed by atoms with Crippen molar-refractivity contribution in [1.82, 2.24) is 5.32 Å². The van der Waals surface area contributed by atoms with Gasteiger partial charge < -0.3 is 5.32 Å². The molecule has 1 aliphatic carbocycles. The lowest BCUT2D eigenvalue weighted by molar-refractivity contribution is -0.137. The highest BCUT2D eigenvalue weighted by molar-refractivity contribution is 6.20. The largest absolute Gasteiger partial charge is 0.416 e. The minimum Gasteiger partial charge on any atom is -0.352 e. The molecule has 1 aromatic carbocycles. The van der Waals surface area contributed by atoms with Gasteiger partial charge in [0.1, 0.15) is 0 Å². The molecule has 0 unspecified atom stereocenters. The molecule has 0 aliphatic heterocycles. The Morgan fingerprint density at radius 1 is 1.14 bits per heavy atom. The SMILES string of the molecule is O=C(NCC1CCC(Cl)CC1)c1ccc(C(F)(F)F)cc1. The molecule has 2 nitrogen and oxygen atoms in total. The lowest BCUT2D eigenvalue weighted by atomic mass is 9.89. The zero-order valence-corrected chi connectivity index (χ0v) is 12.2. The molecular weight excluding hydrogens is 303 g/mol. The Bertz CT molecular complexity index is 479. The van der Waals surface area contributed by atoms with Crippen LogP contribution in [0.3, 0.4) is 0 Å². The maximum atomic E-state index is 12.4. The Hall–Kier alpha value is -1.23. The molecule has 21 heavy (non-hydrogen) atoms. The van der Waals surface area contributed by atoms with E-state index < -0.39 is 11.7 Å². The summed E-state index contributed by atoms with van der Waals surface area (Å²) < 4.78 is 37.3. The van der Waals surface area contributed by atoms with Gasteiger partial charge in [-0.25, -0.2) is 0 Å². The monoisotopic (exact) mass is 319 g/mol. The van der Waals surface area contributed by atoms with Crippen LogP contribution in [-0.2, 0) is 6.18 Å². The summed E-state index contributed by atoms with van der Waals surface area (Å²) in [6, 6.07) is 4.25. The molecule has 0 spiro atoms. The van der Waals surface area contributed by atoms with Crippen molar-refractivity contribution < 1.29 is 18.0 Å². The maximum absolute atomic E-state index is 12.4. The highest BCUT2D eigenvalue weighted by Crippen LogP contribution is 2.29. The predicted octanol–water partition coefficient (Wildman–Crippen LogP) is 4.23. The molecule has 0 bridgehead atoms. The van der Waals surface area contributed by atoms with Gasteiger partial charge in [0.25, 0.3) is 5.91 Å². The van der Waals surface area contributed by atoms with Gasteiger partial charge in [-0.15, -0.1) is 11.6 Å². The maximum Gasteiger partial charge on any atom is 0.416 e. The minimum absolute atomic E-state index is 0.229. The lowest BCUT2D eigenvalue weighted by Crippen LogP contribution is -2.31. The number of alkyl halides is 4. The van der Waals surface area contributed by atoms with Crippen LogP contribution < -0.4 is 5.32 Å². The number of benzene rings is 1. The number of nitrogens with one attached hydrogen (secondary N) is 1. The smallest absolute Gasteiger partial charge is 0.352 e. The molecule has 0 saturated heterocycles. The summed E-state index contributed by atoms with van der Waals surface area (Å²) in [4.78, 5) is 11.9. The fraction of sp³-hybridized carbons (Fsp3) is 0.533. The van der Waals surface area contributed by atoms with E-state index >= 15 is 0 Å². The van der Waals surface area contributed by atoms with Gasteiger partial charge in [0.2, 0.25) is 0 Å². The van der Waals surface area contributed by atoms with Crippen LogP contribution >= 0.6 is 11.6 Å². The average molecular weight is 320 g/mol. The van der Waals surface area contributed by atoms with E-state index in [0.717, 1.165) is 37.8 Å². The van der Waals surface area contributed by atoms with E-state index in [9.17, 15) is 18.0 Å². The Kier molecular flexibility index (Phi) is 5.14. The van der Waals surface area contributed by atoms with Gasteiger partial charge in [-0.05, 0) is 55.9 Å². The summed E-state index contributed by atoms with van der Waals surface area (Å²) in [6.07, 6.45) is -0.539.